The first-order valence-electron chi connectivity index (χ1n) is 10.5. The molecule has 0 atom stereocenters. The Bertz CT molecular complexity index is 1120. The summed E-state index contributed by atoms with van der Waals surface area (Å²) in [5.74, 6) is -0.163. The average molecular weight is 469 g/mol. The summed E-state index contributed by atoms with van der Waals surface area (Å²) in [4.78, 5) is 37.3. The van der Waals surface area contributed by atoms with Gasteiger partial charge >= 0.3 is 0 Å². The van der Waals surface area contributed by atoms with E-state index in [4.69, 9.17) is 0 Å². The van der Waals surface area contributed by atoms with Crippen LogP contribution in [0.1, 0.15) is 63.8 Å². The maximum absolute atomic E-state index is 13.0. The molecule has 7 nitrogen and oxygen atoms in total. The van der Waals surface area contributed by atoms with Gasteiger partial charge in [-0.1, -0.05) is 53.7 Å². The summed E-state index contributed by atoms with van der Waals surface area (Å²) in [5, 5.41) is 21.3. The second kappa shape index (κ2) is 8.67. The molecule has 1 aliphatic rings. The van der Waals surface area contributed by atoms with E-state index < -0.39 is 16.1 Å². The number of aromatic hydroxyl groups is 1. The number of non-ortho nitro benzene ring substituents is 1. The van der Waals surface area contributed by atoms with E-state index in [1.54, 1.807) is 6.08 Å². The summed E-state index contributed by atoms with van der Waals surface area (Å²) < 4.78 is 0. The Morgan fingerprint density at radius 1 is 1.00 bits per heavy atom. The normalized spacial score (nSPS) is 16.1. The number of nitro groups is 1. The van der Waals surface area contributed by atoms with Gasteiger partial charge in [0.1, 0.15) is 5.75 Å². The molecule has 1 saturated heterocycles. The number of nitro benzene ring substituents is 1. The number of rotatable bonds is 4. The Labute approximate surface area is 197 Å². The van der Waals surface area contributed by atoms with Gasteiger partial charge in [-0.3, -0.25) is 24.6 Å². The molecule has 1 N–H and O–H groups in total. The van der Waals surface area contributed by atoms with E-state index in [-0.39, 0.29) is 28.8 Å². The summed E-state index contributed by atoms with van der Waals surface area (Å²) in [6.07, 6.45) is 1.69. The smallest absolute Gasteiger partial charge is 0.293 e. The van der Waals surface area contributed by atoms with Crippen molar-refractivity contribution in [1.29, 1.82) is 0 Å². The lowest BCUT2D eigenvalue weighted by Crippen LogP contribution is -2.27. The Morgan fingerprint density at radius 3 is 1.97 bits per heavy atom. The number of imide groups is 1. The van der Waals surface area contributed by atoms with Gasteiger partial charge in [0.15, 0.2) is 0 Å². The van der Waals surface area contributed by atoms with Crippen LogP contribution in [-0.2, 0) is 22.2 Å². The van der Waals surface area contributed by atoms with Crippen LogP contribution in [0.15, 0.2) is 41.3 Å². The van der Waals surface area contributed by atoms with E-state index in [0.717, 1.165) is 33.4 Å². The van der Waals surface area contributed by atoms with E-state index in [1.165, 1.54) is 24.3 Å². The van der Waals surface area contributed by atoms with Crippen molar-refractivity contribution in [3.63, 3.8) is 0 Å². The lowest BCUT2D eigenvalue weighted by Gasteiger charge is -2.28. The van der Waals surface area contributed by atoms with Gasteiger partial charge in [0, 0.05) is 23.3 Å². The summed E-state index contributed by atoms with van der Waals surface area (Å²) in [6, 6.07) is 9.49. The number of benzene rings is 2. The van der Waals surface area contributed by atoms with E-state index in [9.17, 15) is 24.8 Å². The first-order chi connectivity index (χ1) is 15.2. The van der Waals surface area contributed by atoms with Crippen molar-refractivity contribution in [2.24, 2.45) is 0 Å². The minimum absolute atomic E-state index is 0.0378. The molecule has 1 fully saturated rings. The third-order valence-electron chi connectivity index (χ3n) is 5.41. The highest BCUT2D eigenvalue weighted by Crippen LogP contribution is 2.41. The lowest BCUT2D eigenvalue weighted by molar-refractivity contribution is -0.384. The number of phenolic OH excluding ortho intramolecular Hbond substituents is 1. The molecule has 0 aromatic heterocycles. The van der Waals surface area contributed by atoms with Crippen LogP contribution in [0.5, 0.6) is 5.75 Å². The van der Waals surface area contributed by atoms with Crippen LogP contribution in [0.25, 0.3) is 6.08 Å². The van der Waals surface area contributed by atoms with E-state index in [2.05, 4.69) is 0 Å². The van der Waals surface area contributed by atoms with Crippen molar-refractivity contribution in [1.82, 2.24) is 4.90 Å². The fraction of sp³-hybridized carbons (Fsp3) is 0.360. The van der Waals surface area contributed by atoms with Crippen LogP contribution < -0.4 is 0 Å². The predicted molar refractivity (Wildman–Crippen MR) is 130 cm³/mol. The van der Waals surface area contributed by atoms with E-state index >= 15 is 0 Å². The van der Waals surface area contributed by atoms with Gasteiger partial charge < -0.3 is 5.11 Å². The van der Waals surface area contributed by atoms with E-state index in [0.29, 0.717) is 10.5 Å². The maximum Gasteiger partial charge on any atom is 0.293 e. The van der Waals surface area contributed by atoms with Crippen molar-refractivity contribution in [3.05, 3.63) is 73.7 Å². The van der Waals surface area contributed by atoms with Crippen LogP contribution in [0.3, 0.4) is 0 Å². The molecule has 0 saturated carbocycles. The van der Waals surface area contributed by atoms with Gasteiger partial charge in [-0.05, 0) is 51.9 Å². The topological polar surface area (TPSA) is 101 Å². The third kappa shape index (κ3) is 5.27. The number of carbonyl (C=O) groups is 2. The minimum atomic E-state index is -0.498. The second-order valence-corrected chi connectivity index (χ2v) is 11.1. The first kappa shape index (κ1) is 24.5. The minimum Gasteiger partial charge on any atom is -0.507 e. The van der Waals surface area contributed by atoms with Gasteiger partial charge in [0.05, 0.1) is 16.4 Å². The quantitative estimate of drug-likeness (QED) is 0.329. The summed E-state index contributed by atoms with van der Waals surface area (Å²) in [6.45, 7) is 12.1. The second-order valence-electron chi connectivity index (χ2n) is 10.2. The molecule has 33 heavy (non-hydrogen) atoms. The van der Waals surface area contributed by atoms with Crippen molar-refractivity contribution in [2.75, 3.05) is 0 Å². The molecule has 0 aliphatic carbocycles. The molecular weight excluding hydrogens is 440 g/mol. The van der Waals surface area contributed by atoms with Crippen LogP contribution in [-0.4, -0.2) is 26.1 Å². The Morgan fingerprint density at radius 2 is 1.52 bits per heavy atom. The van der Waals surface area contributed by atoms with Crippen LogP contribution in [0, 0.1) is 10.1 Å². The molecule has 2 amide bonds. The van der Waals surface area contributed by atoms with Crippen molar-refractivity contribution in [2.45, 2.75) is 58.9 Å². The SMILES string of the molecule is CC(C)(C)c1cc(/C=C2\SC(=O)N(Cc3ccc([N+](=O)[O-])cc3)C2=O)cc(C(C)(C)C)c1O. The molecule has 0 spiro atoms. The van der Waals surface area contributed by atoms with Gasteiger partial charge in [-0.15, -0.1) is 0 Å². The zero-order valence-corrected chi connectivity index (χ0v) is 20.4. The number of hydrogen-bond donors (Lipinski definition) is 1. The lowest BCUT2D eigenvalue weighted by atomic mass is 9.78. The molecule has 0 bridgehead atoms. The maximum atomic E-state index is 13.0. The highest BCUT2D eigenvalue weighted by Gasteiger charge is 2.35. The molecule has 1 heterocycles. The Kier molecular flexibility index (Phi) is 6.44. The molecule has 2 aromatic rings. The highest BCUT2D eigenvalue weighted by atomic mass is 32.2. The Hall–Kier alpha value is -3.13. The standard InChI is InChI=1S/C25H28N2O5S/c1-24(2,3)18-11-16(12-19(21(18)28)25(4,5)6)13-20-22(29)26(23(30)33-20)14-15-7-9-17(10-8-15)27(31)32/h7-13,28H,14H2,1-6H3/b20-13-. The third-order valence-corrected chi connectivity index (χ3v) is 6.31. The molecule has 1 aliphatic heterocycles. The number of carbonyl (C=O) groups excluding carboxylic acids is 2. The predicted octanol–water partition coefficient (Wildman–Crippen LogP) is 6.13. The summed E-state index contributed by atoms with van der Waals surface area (Å²) in [5.41, 5.74) is 2.22. The van der Waals surface area contributed by atoms with Gasteiger partial charge in [-0.25, -0.2) is 0 Å². The van der Waals surface area contributed by atoms with E-state index in [1.807, 2.05) is 53.7 Å². The van der Waals surface area contributed by atoms with Crippen molar-refractivity contribution < 1.29 is 19.6 Å². The first-order valence-corrected chi connectivity index (χ1v) is 11.4. The molecular formula is C25H28N2O5S. The Balaban J connectivity index is 1.95. The molecule has 8 heteroatoms. The molecule has 3 rings (SSSR count). The zero-order chi connectivity index (χ0) is 24.7. The number of hydrogen-bond acceptors (Lipinski definition) is 6. The fourth-order valence-corrected chi connectivity index (χ4v) is 4.42. The van der Waals surface area contributed by atoms with Crippen LogP contribution in [0.2, 0.25) is 0 Å². The number of nitrogens with zero attached hydrogens (tertiary/aromatic N) is 2. The summed E-state index contributed by atoms with van der Waals surface area (Å²) in [7, 11) is 0. The average Bonchev–Trinajstić information content (AvgIpc) is 2.95. The number of thioether (sulfide) groups is 1. The van der Waals surface area contributed by atoms with Crippen molar-refractivity contribution in [3.8, 4) is 5.75 Å². The van der Waals surface area contributed by atoms with Crippen molar-refractivity contribution >= 4 is 34.7 Å². The number of phenols is 1. The molecule has 2 aromatic carbocycles. The largest absolute Gasteiger partial charge is 0.507 e. The van der Waals surface area contributed by atoms with Gasteiger partial charge in [0.2, 0.25) is 0 Å². The summed E-state index contributed by atoms with van der Waals surface area (Å²) >= 11 is 0.863. The molecule has 0 radical (unpaired) electrons. The van der Waals surface area contributed by atoms with Crippen LogP contribution in [0.4, 0.5) is 10.5 Å². The zero-order valence-electron chi connectivity index (χ0n) is 19.6. The van der Waals surface area contributed by atoms with Gasteiger partial charge in [0.25, 0.3) is 16.8 Å². The van der Waals surface area contributed by atoms with Crippen LogP contribution >= 0.6 is 11.8 Å². The van der Waals surface area contributed by atoms with Gasteiger partial charge in [-0.2, -0.15) is 0 Å². The highest BCUT2D eigenvalue weighted by molar-refractivity contribution is 8.18. The molecule has 174 valence electrons. The monoisotopic (exact) mass is 468 g/mol. The number of amides is 2. The molecule has 0 unspecified atom stereocenters. The fourth-order valence-electron chi connectivity index (χ4n) is 3.58.